The Morgan fingerprint density at radius 2 is 1.78 bits per heavy atom. The number of hydrogen-bond acceptors (Lipinski definition) is 4. The molecule has 142 valence electrons. The van der Waals surface area contributed by atoms with E-state index in [1.807, 2.05) is 13.8 Å². The molecule has 2 aromatic carbocycles. The SMILES string of the molecule is CCOc1cc(/C=C(/NC(=O)c2ccccc2)C(=O)O)cc(I)c1OCC. The zero-order chi connectivity index (χ0) is 19.8. The minimum Gasteiger partial charge on any atom is -0.490 e. The summed E-state index contributed by atoms with van der Waals surface area (Å²) in [5.41, 5.74) is 0.726. The lowest BCUT2D eigenvalue weighted by molar-refractivity contribution is -0.132. The van der Waals surface area contributed by atoms with Crippen molar-refractivity contribution in [2.75, 3.05) is 13.2 Å². The van der Waals surface area contributed by atoms with Crippen molar-refractivity contribution in [3.8, 4) is 11.5 Å². The third-order valence-electron chi connectivity index (χ3n) is 3.45. The van der Waals surface area contributed by atoms with E-state index in [0.717, 1.165) is 3.57 Å². The molecule has 0 heterocycles. The first-order valence-corrected chi connectivity index (χ1v) is 9.44. The monoisotopic (exact) mass is 481 g/mol. The number of ether oxygens (including phenoxy) is 2. The Bertz CT molecular complexity index is 849. The van der Waals surface area contributed by atoms with E-state index >= 15 is 0 Å². The maximum absolute atomic E-state index is 12.3. The van der Waals surface area contributed by atoms with Gasteiger partial charge in [0.05, 0.1) is 16.8 Å². The number of hydrogen-bond donors (Lipinski definition) is 2. The fraction of sp³-hybridized carbons (Fsp3) is 0.200. The van der Waals surface area contributed by atoms with Crippen LogP contribution >= 0.6 is 22.6 Å². The first-order valence-electron chi connectivity index (χ1n) is 8.36. The molecule has 0 atom stereocenters. The van der Waals surface area contributed by atoms with Crippen molar-refractivity contribution >= 4 is 40.5 Å². The molecule has 0 saturated carbocycles. The predicted octanol–water partition coefficient (Wildman–Crippen LogP) is 3.94. The number of carboxylic acid groups (broad SMARTS) is 1. The Morgan fingerprint density at radius 1 is 1.11 bits per heavy atom. The van der Waals surface area contributed by atoms with E-state index in [1.54, 1.807) is 42.5 Å². The molecular weight excluding hydrogens is 461 g/mol. The Labute approximate surface area is 171 Å². The lowest BCUT2D eigenvalue weighted by atomic mass is 10.1. The molecule has 1 amide bonds. The largest absolute Gasteiger partial charge is 0.490 e. The average molecular weight is 481 g/mol. The number of nitrogens with one attached hydrogen (secondary N) is 1. The summed E-state index contributed by atoms with van der Waals surface area (Å²) in [6, 6.07) is 11.9. The number of amides is 1. The van der Waals surface area contributed by atoms with Crippen LogP contribution in [0.1, 0.15) is 29.8 Å². The summed E-state index contributed by atoms with van der Waals surface area (Å²) in [5.74, 6) is -0.588. The van der Waals surface area contributed by atoms with Gasteiger partial charge in [-0.1, -0.05) is 18.2 Å². The van der Waals surface area contributed by atoms with Crippen molar-refractivity contribution in [3.63, 3.8) is 0 Å². The highest BCUT2D eigenvalue weighted by molar-refractivity contribution is 14.1. The van der Waals surface area contributed by atoms with Gasteiger partial charge in [0.2, 0.25) is 0 Å². The van der Waals surface area contributed by atoms with Crippen molar-refractivity contribution in [2.24, 2.45) is 0 Å². The van der Waals surface area contributed by atoms with Gasteiger partial charge >= 0.3 is 5.97 Å². The van der Waals surface area contributed by atoms with Crippen LogP contribution in [0.2, 0.25) is 0 Å². The number of carbonyl (C=O) groups excluding carboxylic acids is 1. The first kappa shape index (κ1) is 20.8. The Balaban J connectivity index is 2.37. The number of benzene rings is 2. The summed E-state index contributed by atoms with van der Waals surface area (Å²) in [6.45, 7) is 4.66. The van der Waals surface area contributed by atoms with Crippen molar-refractivity contribution in [3.05, 3.63) is 62.9 Å². The third kappa shape index (κ3) is 5.72. The van der Waals surface area contributed by atoms with Crippen molar-refractivity contribution < 1.29 is 24.2 Å². The molecule has 0 radical (unpaired) electrons. The number of carboxylic acids is 1. The predicted molar refractivity (Wildman–Crippen MR) is 111 cm³/mol. The zero-order valence-electron chi connectivity index (χ0n) is 15.0. The maximum Gasteiger partial charge on any atom is 0.352 e. The van der Waals surface area contributed by atoms with Gasteiger partial charge in [0.25, 0.3) is 5.91 Å². The van der Waals surface area contributed by atoms with E-state index in [4.69, 9.17) is 9.47 Å². The van der Waals surface area contributed by atoms with Gasteiger partial charge in [-0.05, 0) is 72.3 Å². The van der Waals surface area contributed by atoms with Gasteiger partial charge in [0, 0.05) is 5.56 Å². The summed E-state index contributed by atoms with van der Waals surface area (Å²) in [5, 5.41) is 11.9. The molecule has 6 nitrogen and oxygen atoms in total. The van der Waals surface area contributed by atoms with Gasteiger partial charge in [-0.2, -0.15) is 0 Å². The fourth-order valence-corrected chi connectivity index (χ4v) is 3.10. The molecule has 27 heavy (non-hydrogen) atoms. The van der Waals surface area contributed by atoms with E-state index in [0.29, 0.717) is 35.8 Å². The molecule has 0 aromatic heterocycles. The topological polar surface area (TPSA) is 84.9 Å². The van der Waals surface area contributed by atoms with Crippen molar-refractivity contribution in [2.45, 2.75) is 13.8 Å². The Morgan fingerprint density at radius 3 is 2.37 bits per heavy atom. The second kappa shape index (κ2) is 9.96. The molecule has 0 saturated heterocycles. The van der Waals surface area contributed by atoms with Crippen LogP contribution in [0.3, 0.4) is 0 Å². The van der Waals surface area contributed by atoms with Gasteiger partial charge in [-0.3, -0.25) is 4.79 Å². The van der Waals surface area contributed by atoms with Crippen LogP contribution in [0, 0.1) is 3.57 Å². The van der Waals surface area contributed by atoms with Crippen LogP contribution < -0.4 is 14.8 Å². The molecule has 0 spiro atoms. The van der Waals surface area contributed by atoms with Gasteiger partial charge in [-0.15, -0.1) is 0 Å². The molecule has 0 fully saturated rings. The van der Waals surface area contributed by atoms with Gasteiger partial charge in [-0.25, -0.2) is 4.79 Å². The molecule has 0 bridgehead atoms. The normalized spacial score (nSPS) is 11.0. The molecule has 0 aliphatic carbocycles. The first-order chi connectivity index (χ1) is 13.0. The quantitative estimate of drug-likeness (QED) is 0.441. The number of aliphatic carboxylic acids is 1. The Kier molecular flexibility index (Phi) is 7.66. The zero-order valence-corrected chi connectivity index (χ0v) is 17.1. The Hall–Kier alpha value is -2.55. The lowest BCUT2D eigenvalue weighted by Gasteiger charge is -2.14. The van der Waals surface area contributed by atoms with Crippen LogP contribution in [0.4, 0.5) is 0 Å². The number of halogens is 1. The summed E-state index contributed by atoms with van der Waals surface area (Å²) in [7, 11) is 0. The van der Waals surface area contributed by atoms with Crippen molar-refractivity contribution in [1.29, 1.82) is 0 Å². The molecule has 2 aromatic rings. The maximum atomic E-state index is 12.3. The van der Waals surface area contributed by atoms with Crippen LogP contribution in [-0.2, 0) is 4.79 Å². The smallest absolute Gasteiger partial charge is 0.352 e. The minimum atomic E-state index is -1.24. The van der Waals surface area contributed by atoms with Gasteiger partial charge < -0.3 is 19.9 Å². The molecule has 2 rings (SSSR count). The average Bonchev–Trinajstić information content (AvgIpc) is 2.65. The summed E-state index contributed by atoms with van der Waals surface area (Å²) in [6.07, 6.45) is 1.39. The molecule has 0 aliphatic heterocycles. The summed E-state index contributed by atoms with van der Waals surface area (Å²) >= 11 is 2.10. The molecule has 0 unspecified atom stereocenters. The van der Waals surface area contributed by atoms with Gasteiger partial charge in [0.15, 0.2) is 11.5 Å². The summed E-state index contributed by atoms with van der Waals surface area (Å²) in [4.78, 5) is 23.9. The summed E-state index contributed by atoms with van der Waals surface area (Å²) < 4.78 is 12.0. The number of carbonyl (C=O) groups is 2. The highest BCUT2D eigenvalue weighted by Crippen LogP contribution is 2.34. The highest BCUT2D eigenvalue weighted by atomic mass is 127. The second-order valence-corrected chi connectivity index (χ2v) is 6.54. The standard InChI is InChI=1S/C20H20INO5/c1-3-26-17-12-13(10-15(21)18(17)27-4-2)11-16(20(24)25)22-19(23)14-8-6-5-7-9-14/h5-12H,3-4H2,1-2H3,(H,22,23)(H,24,25)/b16-11+. The lowest BCUT2D eigenvalue weighted by Crippen LogP contribution is -2.27. The van der Waals surface area contributed by atoms with Crippen LogP contribution in [0.15, 0.2) is 48.2 Å². The minimum absolute atomic E-state index is 0.230. The third-order valence-corrected chi connectivity index (χ3v) is 4.25. The fourth-order valence-electron chi connectivity index (χ4n) is 2.32. The van der Waals surface area contributed by atoms with Crippen LogP contribution in [0.5, 0.6) is 11.5 Å². The molecule has 7 heteroatoms. The van der Waals surface area contributed by atoms with Crippen LogP contribution in [-0.4, -0.2) is 30.2 Å². The van der Waals surface area contributed by atoms with Crippen molar-refractivity contribution in [1.82, 2.24) is 5.32 Å². The molecule has 0 aliphatic rings. The number of rotatable bonds is 8. The highest BCUT2D eigenvalue weighted by Gasteiger charge is 2.16. The van der Waals surface area contributed by atoms with Gasteiger partial charge in [0.1, 0.15) is 5.70 Å². The van der Waals surface area contributed by atoms with Crippen LogP contribution in [0.25, 0.3) is 6.08 Å². The van der Waals surface area contributed by atoms with E-state index < -0.39 is 11.9 Å². The van der Waals surface area contributed by atoms with E-state index in [2.05, 4.69) is 27.9 Å². The second-order valence-electron chi connectivity index (χ2n) is 5.38. The molecular formula is C20H20INO5. The van der Waals surface area contributed by atoms with E-state index in [1.165, 1.54) is 6.08 Å². The van der Waals surface area contributed by atoms with E-state index in [-0.39, 0.29) is 5.70 Å². The molecule has 2 N–H and O–H groups in total. The van der Waals surface area contributed by atoms with E-state index in [9.17, 15) is 14.7 Å².